The third-order valence-electron chi connectivity index (χ3n) is 3.54. The van der Waals surface area contributed by atoms with Gasteiger partial charge in [-0.2, -0.15) is 0 Å². The molecular weight excluding hydrogens is 268 g/mol. The number of ether oxygens (including phenoxy) is 1. The number of carbonyl (C=O) groups excluding carboxylic acids is 1. The molecule has 5 nitrogen and oxygen atoms in total. The van der Waals surface area contributed by atoms with E-state index in [1.165, 1.54) is 12.8 Å². The van der Waals surface area contributed by atoms with Crippen molar-refractivity contribution in [2.75, 3.05) is 25.1 Å². The van der Waals surface area contributed by atoms with Crippen LogP contribution in [-0.2, 0) is 0 Å². The quantitative estimate of drug-likeness (QED) is 0.690. The lowest BCUT2D eigenvalue weighted by Crippen LogP contribution is -2.32. The van der Waals surface area contributed by atoms with E-state index in [1.807, 2.05) is 31.2 Å². The van der Waals surface area contributed by atoms with Crippen LogP contribution in [0.1, 0.15) is 26.2 Å². The van der Waals surface area contributed by atoms with Crippen molar-refractivity contribution < 1.29 is 14.6 Å². The highest BCUT2D eigenvalue weighted by molar-refractivity contribution is 5.90. The lowest BCUT2D eigenvalue weighted by molar-refractivity contribution is 0.243. The fourth-order valence-electron chi connectivity index (χ4n) is 1.94. The molecule has 1 aliphatic rings. The zero-order valence-electron chi connectivity index (χ0n) is 12.5. The van der Waals surface area contributed by atoms with Crippen molar-refractivity contribution in [2.24, 2.45) is 11.8 Å². The summed E-state index contributed by atoms with van der Waals surface area (Å²) < 4.78 is 5.75. The van der Waals surface area contributed by atoms with E-state index in [4.69, 9.17) is 9.84 Å². The predicted octanol–water partition coefficient (Wildman–Crippen LogP) is 2.62. The monoisotopic (exact) mass is 292 g/mol. The molecule has 1 fully saturated rings. The smallest absolute Gasteiger partial charge is 0.319 e. The molecule has 5 heteroatoms. The summed E-state index contributed by atoms with van der Waals surface area (Å²) in [6.07, 6.45) is 3.15. The molecule has 116 valence electrons. The van der Waals surface area contributed by atoms with Gasteiger partial charge in [0.1, 0.15) is 5.75 Å². The minimum atomic E-state index is -0.248. The third kappa shape index (κ3) is 5.63. The Labute approximate surface area is 125 Å². The minimum Gasteiger partial charge on any atom is -0.491 e. The van der Waals surface area contributed by atoms with E-state index >= 15 is 0 Å². The highest BCUT2D eigenvalue weighted by Crippen LogP contribution is 2.31. The zero-order valence-corrected chi connectivity index (χ0v) is 12.5. The van der Waals surface area contributed by atoms with Gasteiger partial charge >= 0.3 is 6.03 Å². The second-order valence-electron chi connectivity index (χ2n) is 5.70. The molecule has 2 rings (SSSR count). The molecule has 21 heavy (non-hydrogen) atoms. The number of aliphatic hydroxyl groups excluding tert-OH is 1. The molecule has 0 aliphatic heterocycles. The molecule has 1 saturated carbocycles. The van der Waals surface area contributed by atoms with Crippen LogP contribution in [0, 0.1) is 11.8 Å². The van der Waals surface area contributed by atoms with Gasteiger partial charge in [0.25, 0.3) is 0 Å². The normalized spacial score (nSPS) is 15.3. The van der Waals surface area contributed by atoms with Crippen molar-refractivity contribution in [3.05, 3.63) is 24.3 Å². The number of benzene rings is 1. The largest absolute Gasteiger partial charge is 0.491 e. The first-order valence-corrected chi connectivity index (χ1v) is 7.56. The summed E-state index contributed by atoms with van der Waals surface area (Å²) in [5, 5.41) is 14.5. The van der Waals surface area contributed by atoms with Gasteiger partial charge in [0.2, 0.25) is 0 Å². The molecule has 3 N–H and O–H groups in total. The van der Waals surface area contributed by atoms with Crippen molar-refractivity contribution >= 4 is 11.7 Å². The maximum Gasteiger partial charge on any atom is 0.319 e. The third-order valence-corrected chi connectivity index (χ3v) is 3.54. The molecule has 1 atom stereocenters. The molecule has 0 radical (unpaired) electrons. The summed E-state index contributed by atoms with van der Waals surface area (Å²) in [6.45, 7) is 3.39. The molecule has 1 unspecified atom stereocenters. The van der Waals surface area contributed by atoms with Gasteiger partial charge in [-0.1, -0.05) is 19.1 Å². The summed E-state index contributed by atoms with van der Waals surface area (Å²) in [5.41, 5.74) is 0.686. The van der Waals surface area contributed by atoms with Crippen LogP contribution in [0.5, 0.6) is 5.75 Å². The average molecular weight is 292 g/mol. The SMILES string of the molecule is CC(CCO)CNC(=O)Nc1ccccc1OCC1CC1. The van der Waals surface area contributed by atoms with Gasteiger partial charge in [0.05, 0.1) is 12.3 Å². The van der Waals surface area contributed by atoms with Crippen LogP contribution >= 0.6 is 0 Å². The van der Waals surface area contributed by atoms with Gasteiger partial charge in [0, 0.05) is 13.2 Å². The molecule has 0 saturated heterocycles. The summed E-state index contributed by atoms with van der Waals surface area (Å²) >= 11 is 0. The number of aliphatic hydroxyl groups is 1. The fourth-order valence-corrected chi connectivity index (χ4v) is 1.94. The van der Waals surface area contributed by atoms with E-state index in [-0.39, 0.29) is 18.6 Å². The molecule has 0 spiro atoms. The summed E-state index contributed by atoms with van der Waals surface area (Å²) in [7, 11) is 0. The number of amides is 2. The van der Waals surface area contributed by atoms with Crippen LogP contribution in [0.25, 0.3) is 0 Å². The zero-order chi connectivity index (χ0) is 15.1. The van der Waals surface area contributed by atoms with Gasteiger partial charge in [-0.25, -0.2) is 4.79 Å². The van der Waals surface area contributed by atoms with Crippen LogP contribution in [0.4, 0.5) is 10.5 Å². The van der Waals surface area contributed by atoms with Gasteiger partial charge in [-0.15, -0.1) is 0 Å². The molecule has 0 bridgehead atoms. The van der Waals surface area contributed by atoms with E-state index in [0.717, 1.165) is 0 Å². The first-order chi connectivity index (χ1) is 10.2. The Balaban J connectivity index is 1.81. The standard InChI is InChI=1S/C16H24N2O3/c1-12(8-9-19)10-17-16(20)18-14-4-2-3-5-15(14)21-11-13-6-7-13/h2-5,12-13,19H,6-11H2,1H3,(H2,17,18,20). The van der Waals surface area contributed by atoms with Gasteiger partial charge < -0.3 is 20.5 Å². The maximum absolute atomic E-state index is 11.9. The van der Waals surface area contributed by atoms with E-state index in [9.17, 15) is 4.79 Å². The Morgan fingerprint density at radius 3 is 2.90 bits per heavy atom. The number of hydrogen-bond acceptors (Lipinski definition) is 3. The number of para-hydroxylation sites is 2. The van der Waals surface area contributed by atoms with Crippen LogP contribution in [0.3, 0.4) is 0 Å². The van der Waals surface area contributed by atoms with Crippen LogP contribution in [0.15, 0.2) is 24.3 Å². The van der Waals surface area contributed by atoms with Crippen LogP contribution in [-0.4, -0.2) is 30.9 Å². The Morgan fingerprint density at radius 1 is 1.43 bits per heavy atom. The number of rotatable bonds is 8. The first kappa shape index (κ1) is 15.6. The van der Waals surface area contributed by atoms with Crippen molar-refractivity contribution in [3.8, 4) is 5.75 Å². The van der Waals surface area contributed by atoms with Crippen molar-refractivity contribution in [2.45, 2.75) is 26.2 Å². The molecular formula is C16H24N2O3. The summed E-state index contributed by atoms with van der Waals surface area (Å²) in [6, 6.07) is 7.22. The maximum atomic E-state index is 11.9. The number of carbonyl (C=O) groups is 1. The van der Waals surface area contributed by atoms with Gasteiger partial charge in [-0.05, 0) is 43.2 Å². The molecule has 0 aromatic heterocycles. The Bertz CT molecular complexity index is 461. The summed E-state index contributed by atoms with van der Waals surface area (Å²) in [4.78, 5) is 11.9. The number of anilines is 1. The highest BCUT2D eigenvalue weighted by Gasteiger charge is 2.22. The van der Waals surface area contributed by atoms with Gasteiger partial charge in [-0.3, -0.25) is 0 Å². The molecule has 1 aromatic carbocycles. The molecule has 1 aromatic rings. The van der Waals surface area contributed by atoms with Crippen molar-refractivity contribution in [1.82, 2.24) is 5.32 Å². The first-order valence-electron chi connectivity index (χ1n) is 7.56. The van der Waals surface area contributed by atoms with Crippen LogP contribution < -0.4 is 15.4 Å². The van der Waals surface area contributed by atoms with E-state index in [0.29, 0.717) is 36.9 Å². The van der Waals surface area contributed by atoms with Crippen LogP contribution in [0.2, 0.25) is 0 Å². The number of urea groups is 1. The lowest BCUT2D eigenvalue weighted by Gasteiger charge is -2.14. The molecule has 0 heterocycles. The van der Waals surface area contributed by atoms with E-state index in [2.05, 4.69) is 10.6 Å². The van der Waals surface area contributed by atoms with Gasteiger partial charge in [0.15, 0.2) is 0 Å². The van der Waals surface area contributed by atoms with E-state index in [1.54, 1.807) is 0 Å². The van der Waals surface area contributed by atoms with Crippen molar-refractivity contribution in [1.29, 1.82) is 0 Å². The Hall–Kier alpha value is -1.75. The minimum absolute atomic E-state index is 0.141. The van der Waals surface area contributed by atoms with Crippen molar-refractivity contribution in [3.63, 3.8) is 0 Å². The predicted molar refractivity (Wildman–Crippen MR) is 82.5 cm³/mol. The Kier molecular flexibility index (Phi) is 5.87. The second-order valence-corrected chi connectivity index (χ2v) is 5.70. The second kappa shape index (κ2) is 7.88. The lowest BCUT2D eigenvalue weighted by atomic mass is 10.1. The number of nitrogens with one attached hydrogen (secondary N) is 2. The topological polar surface area (TPSA) is 70.6 Å². The average Bonchev–Trinajstić information content (AvgIpc) is 3.29. The fraction of sp³-hybridized carbons (Fsp3) is 0.562. The molecule has 2 amide bonds. The summed E-state index contributed by atoms with van der Waals surface area (Å²) in [5.74, 6) is 1.64. The Morgan fingerprint density at radius 2 is 2.19 bits per heavy atom. The molecule has 1 aliphatic carbocycles. The highest BCUT2D eigenvalue weighted by atomic mass is 16.5. The number of hydrogen-bond donors (Lipinski definition) is 3. The van der Waals surface area contributed by atoms with E-state index < -0.39 is 0 Å².